The molecule has 0 unspecified atom stereocenters. The third-order valence-corrected chi connectivity index (χ3v) is 4.79. The smallest absolute Gasteiger partial charge is 0.251 e. The molecule has 22 heavy (non-hydrogen) atoms. The van der Waals surface area contributed by atoms with E-state index in [-0.39, 0.29) is 11.4 Å². The van der Waals surface area contributed by atoms with Gasteiger partial charge in [0, 0.05) is 29.0 Å². The average Bonchev–Trinajstić information content (AvgIpc) is 2.45. The number of carbonyl (C=O) groups is 1. The highest BCUT2D eigenvalue weighted by Crippen LogP contribution is 2.26. The molecule has 1 aromatic heterocycles. The zero-order valence-corrected chi connectivity index (χ0v) is 14.4. The fourth-order valence-electron chi connectivity index (χ4n) is 3.13. The van der Waals surface area contributed by atoms with Gasteiger partial charge in [-0.15, -0.1) is 0 Å². The number of aryl methyl sites for hydroxylation is 2. The molecule has 2 heterocycles. The first-order chi connectivity index (χ1) is 10.3. The van der Waals surface area contributed by atoms with Crippen LogP contribution in [0.15, 0.2) is 12.1 Å². The van der Waals surface area contributed by atoms with Gasteiger partial charge >= 0.3 is 0 Å². The van der Waals surface area contributed by atoms with Crippen molar-refractivity contribution in [3.8, 4) is 0 Å². The number of likely N-dealkylation sites (N-methyl/N-ethyl adjacent to an activating group) is 1. The summed E-state index contributed by atoms with van der Waals surface area (Å²) in [7, 11) is 6.37. The third-order valence-electron chi connectivity index (χ3n) is 4.79. The first kappa shape index (κ1) is 16.9. The molecule has 1 N–H and O–H groups in total. The molecule has 0 aromatic carbocycles. The van der Waals surface area contributed by atoms with E-state index in [0.29, 0.717) is 12.1 Å². The quantitative estimate of drug-likeness (QED) is 0.915. The monoisotopic (exact) mass is 304 g/mol. The van der Waals surface area contributed by atoms with Crippen molar-refractivity contribution >= 4 is 5.91 Å². The van der Waals surface area contributed by atoms with E-state index in [1.807, 2.05) is 26.0 Å². The van der Waals surface area contributed by atoms with Crippen molar-refractivity contribution < 1.29 is 4.79 Å². The zero-order chi connectivity index (χ0) is 16.3. The van der Waals surface area contributed by atoms with E-state index in [4.69, 9.17) is 0 Å². The van der Waals surface area contributed by atoms with E-state index < -0.39 is 0 Å². The first-order valence-electron chi connectivity index (χ1n) is 7.92. The SMILES string of the molecule is Cc1cc(C(=O)NCC2(N(C)C)CCN(C)CC2)cc(C)n1. The topological polar surface area (TPSA) is 48.5 Å². The molecule has 1 aliphatic rings. The summed E-state index contributed by atoms with van der Waals surface area (Å²) in [5, 5.41) is 3.13. The van der Waals surface area contributed by atoms with Crippen LogP contribution in [0, 0.1) is 13.8 Å². The van der Waals surface area contributed by atoms with Crippen molar-refractivity contribution in [3.63, 3.8) is 0 Å². The molecule has 5 heteroatoms. The van der Waals surface area contributed by atoms with Gasteiger partial charge in [0.2, 0.25) is 0 Å². The molecule has 1 aromatic rings. The predicted molar refractivity (Wildman–Crippen MR) is 89.2 cm³/mol. The lowest BCUT2D eigenvalue weighted by atomic mass is 9.86. The maximum absolute atomic E-state index is 12.5. The Balaban J connectivity index is 2.04. The second-order valence-corrected chi connectivity index (χ2v) is 6.74. The Hall–Kier alpha value is -1.46. The van der Waals surface area contributed by atoms with Crippen molar-refractivity contribution in [2.45, 2.75) is 32.2 Å². The minimum absolute atomic E-state index is 0.00578. The molecule has 0 aliphatic carbocycles. The highest BCUT2D eigenvalue weighted by atomic mass is 16.1. The fraction of sp³-hybridized carbons (Fsp3) is 0.647. The second kappa shape index (κ2) is 6.75. The summed E-state index contributed by atoms with van der Waals surface area (Å²) in [5.74, 6) is -0.00578. The number of hydrogen-bond donors (Lipinski definition) is 1. The van der Waals surface area contributed by atoms with Gasteiger partial charge in [-0.3, -0.25) is 9.78 Å². The summed E-state index contributed by atoms with van der Waals surface area (Å²) in [6.45, 7) is 6.67. The van der Waals surface area contributed by atoms with Crippen LogP contribution in [0.3, 0.4) is 0 Å². The minimum Gasteiger partial charge on any atom is -0.350 e. The Morgan fingerprint density at radius 3 is 2.32 bits per heavy atom. The van der Waals surface area contributed by atoms with E-state index in [1.54, 1.807) is 0 Å². The number of nitrogens with zero attached hydrogens (tertiary/aromatic N) is 3. The van der Waals surface area contributed by atoms with Crippen LogP contribution in [0.1, 0.15) is 34.6 Å². The molecular formula is C17H28N4O. The lowest BCUT2D eigenvalue weighted by molar-refractivity contribution is 0.0611. The maximum Gasteiger partial charge on any atom is 0.251 e. The molecular weight excluding hydrogens is 276 g/mol. The fourth-order valence-corrected chi connectivity index (χ4v) is 3.13. The van der Waals surface area contributed by atoms with Gasteiger partial charge in [-0.2, -0.15) is 0 Å². The molecule has 5 nitrogen and oxygen atoms in total. The molecule has 0 bridgehead atoms. The van der Waals surface area contributed by atoms with Gasteiger partial charge in [-0.05, 0) is 73.1 Å². The number of piperidine rings is 1. The molecule has 1 saturated heterocycles. The Kier molecular flexibility index (Phi) is 5.19. The van der Waals surface area contributed by atoms with Gasteiger partial charge in [-0.25, -0.2) is 0 Å². The highest BCUT2D eigenvalue weighted by molar-refractivity contribution is 5.94. The molecule has 2 rings (SSSR count). The van der Waals surface area contributed by atoms with Crippen LogP contribution in [0.2, 0.25) is 0 Å². The standard InChI is InChI=1S/C17H28N4O/c1-13-10-15(11-14(2)19-13)16(22)18-12-17(20(3)4)6-8-21(5)9-7-17/h10-11H,6-9,12H2,1-5H3,(H,18,22). The van der Waals surface area contributed by atoms with Crippen molar-refractivity contribution in [1.82, 2.24) is 20.1 Å². The van der Waals surface area contributed by atoms with Crippen molar-refractivity contribution in [2.75, 3.05) is 40.8 Å². The number of rotatable bonds is 4. The van der Waals surface area contributed by atoms with Crippen LogP contribution in [-0.2, 0) is 0 Å². The van der Waals surface area contributed by atoms with Crippen LogP contribution < -0.4 is 5.32 Å². The van der Waals surface area contributed by atoms with Crippen LogP contribution in [0.25, 0.3) is 0 Å². The van der Waals surface area contributed by atoms with Crippen LogP contribution >= 0.6 is 0 Å². The molecule has 1 fully saturated rings. The zero-order valence-electron chi connectivity index (χ0n) is 14.4. The Labute approximate surface area is 133 Å². The van der Waals surface area contributed by atoms with Gasteiger partial charge in [0.1, 0.15) is 0 Å². The van der Waals surface area contributed by atoms with Gasteiger partial charge in [0.15, 0.2) is 0 Å². The minimum atomic E-state index is -0.00578. The van der Waals surface area contributed by atoms with Crippen LogP contribution in [0.5, 0.6) is 0 Å². The first-order valence-corrected chi connectivity index (χ1v) is 7.92. The summed E-state index contributed by atoms with van der Waals surface area (Å²) >= 11 is 0. The molecule has 0 radical (unpaired) electrons. The molecule has 0 spiro atoms. The normalized spacial score (nSPS) is 18.5. The molecule has 0 atom stereocenters. The molecule has 1 amide bonds. The molecule has 122 valence electrons. The van der Waals surface area contributed by atoms with Crippen LogP contribution in [-0.4, -0.2) is 67.0 Å². The summed E-state index contributed by atoms with van der Waals surface area (Å²) in [6.07, 6.45) is 2.15. The lowest BCUT2D eigenvalue weighted by Gasteiger charge is -2.45. The van der Waals surface area contributed by atoms with E-state index >= 15 is 0 Å². The number of carbonyl (C=O) groups excluding carboxylic acids is 1. The Bertz CT molecular complexity index is 513. The second-order valence-electron chi connectivity index (χ2n) is 6.74. The van der Waals surface area contributed by atoms with Gasteiger partial charge < -0.3 is 15.1 Å². The number of likely N-dealkylation sites (tertiary alicyclic amines) is 1. The Morgan fingerprint density at radius 2 is 1.82 bits per heavy atom. The van der Waals surface area contributed by atoms with Crippen molar-refractivity contribution in [1.29, 1.82) is 0 Å². The van der Waals surface area contributed by atoms with Gasteiger partial charge in [-0.1, -0.05) is 0 Å². The van der Waals surface area contributed by atoms with Gasteiger partial charge in [0.25, 0.3) is 5.91 Å². The highest BCUT2D eigenvalue weighted by Gasteiger charge is 2.36. The summed E-state index contributed by atoms with van der Waals surface area (Å²) in [6, 6.07) is 3.69. The molecule has 0 saturated carbocycles. The van der Waals surface area contributed by atoms with E-state index in [2.05, 4.69) is 41.2 Å². The predicted octanol–water partition coefficient (Wildman–Crippen LogP) is 1.45. The van der Waals surface area contributed by atoms with Crippen LogP contribution in [0.4, 0.5) is 0 Å². The number of nitrogens with one attached hydrogen (secondary N) is 1. The van der Waals surface area contributed by atoms with E-state index in [9.17, 15) is 4.79 Å². The summed E-state index contributed by atoms with van der Waals surface area (Å²) in [5.41, 5.74) is 2.52. The number of hydrogen-bond acceptors (Lipinski definition) is 4. The summed E-state index contributed by atoms with van der Waals surface area (Å²) < 4.78 is 0. The van der Waals surface area contributed by atoms with E-state index in [1.165, 1.54) is 0 Å². The Morgan fingerprint density at radius 1 is 1.27 bits per heavy atom. The number of pyridine rings is 1. The maximum atomic E-state index is 12.5. The lowest BCUT2D eigenvalue weighted by Crippen LogP contribution is -2.57. The van der Waals surface area contributed by atoms with Crippen molar-refractivity contribution in [3.05, 3.63) is 29.1 Å². The van der Waals surface area contributed by atoms with Gasteiger partial charge in [0.05, 0.1) is 0 Å². The van der Waals surface area contributed by atoms with Crippen molar-refractivity contribution in [2.24, 2.45) is 0 Å². The third kappa shape index (κ3) is 3.84. The molecule has 1 aliphatic heterocycles. The van der Waals surface area contributed by atoms with E-state index in [0.717, 1.165) is 37.3 Å². The largest absolute Gasteiger partial charge is 0.350 e. The summed E-state index contributed by atoms with van der Waals surface area (Å²) in [4.78, 5) is 21.4. The number of amides is 1. The number of aromatic nitrogens is 1. The average molecular weight is 304 g/mol.